The molecule has 0 saturated carbocycles. The van der Waals surface area contributed by atoms with Crippen molar-refractivity contribution in [2.75, 3.05) is 0 Å². The predicted octanol–water partition coefficient (Wildman–Crippen LogP) is 2.58. The molecule has 1 heterocycles. The average molecular weight is 231 g/mol. The maximum atomic E-state index is 10.9. The van der Waals surface area contributed by atoms with E-state index in [0.29, 0.717) is 12.1 Å². The van der Waals surface area contributed by atoms with Crippen molar-refractivity contribution in [2.45, 2.75) is 20.3 Å². The second-order valence-corrected chi connectivity index (χ2v) is 4.08. The molecule has 0 radical (unpaired) electrons. The number of benzene rings is 1. The fourth-order valence-electron chi connectivity index (χ4n) is 1.67. The molecule has 0 spiro atoms. The monoisotopic (exact) mass is 231 g/mol. The van der Waals surface area contributed by atoms with Crippen LogP contribution in [0, 0.1) is 13.8 Å². The summed E-state index contributed by atoms with van der Waals surface area (Å²) in [6, 6.07) is 6.03. The van der Waals surface area contributed by atoms with Crippen molar-refractivity contribution >= 4 is 5.97 Å². The number of carboxylic acid groups (broad SMARTS) is 1. The van der Waals surface area contributed by atoms with Crippen LogP contribution in [0.25, 0.3) is 0 Å². The highest BCUT2D eigenvalue weighted by atomic mass is 16.5. The van der Waals surface area contributed by atoms with Crippen molar-refractivity contribution in [1.82, 2.24) is 5.16 Å². The third-order valence-corrected chi connectivity index (χ3v) is 2.82. The molecule has 0 saturated heterocycles. The highest BCUT2D eigenvalue weighted by molar-refractivity contribution is 5.88. The van der Waals surface area contributed by atoms with E-state index < -0.39 is 5.97 Å². The maximum absolute atomic E-state index is 10.9. The number of hydrogen-bond donors (Lipinski definition) is 1. The Bertz CT molecular complexity index is 558. The van der Waals surface area contributed by atoms with Crippen LogP contribution in [0.3, 0.4) is 0 Å². The molecule has 1 aromatic heterocycles. The number of aromatic nitrogens is 1. The number of nitrogens with zero attached hydrogens (tertiary/aromatic N) is 1. The number of hydrogen-bond acceptors (Lipinski definition) is 3. The zero-order valence-electron chi connectivity index (χ0n) is 9.73. The highest BCUT2D eigenvalue weighted by Crippen LogP contribution is 2.16. The van der Waals surface area contributed by atoms with Gasteiger partial charge in [0.2, 0.25) is 0 Å². The fourth-order valence-corrected chi connectivity index (χ4v) is 1.67. The van der Waals surface area contributed by atoms with Gasteiger partial charge in [0.1, 0.15) is 17.5 Å². The quantitative estimate of drug-likeness (QED) is 0.881. The van der Waals surface area contributed by atoms with Gasteiger partial charge < -0.3 is 9.63 Å². The average Bonchev–Trinajstić information content (AvgIpc) is 2.72. The highest BCUT2D eigenvalue weighted by Gasteiger charge is 2.14. The lowest BCUT2D eigenvalue weighted by Gasteiger charge is -2.03. The summed E-state index contributed by atoms with van der Waals surface area (Å²) >= 11 is 0. The molecule has 0 bridgehead atoms. The second kappa shape index (κ2) is 4.41. The zero-order chi connectivity index (χ0) is 12.4. The largest absolute Gasteiger partial charge is 0.478 e. The first-order valence-electron chi connectivity index (χ1n) is 5.30. The molecular weight excluding hydrogens is 218 g/mol. The summed E-state index contributed by atoms with van der Waals surface area (Å²) in [5.74, 6) is -1.01. The molecule has 4 heteroatoms. The number of rotatable bonds is 3. The van der Waals surface area contributed by atoms with Gasteiger partial charge in [0.15, 0.2) is 0 Å². The van der Waals surface area contributed by atoms with Crippen LogP contribution in [0.2, 0.25) is 0 Å². The summed E-state index contributed by atoms with van der Waals surface area (Å²) in [5.41, 5.74) is 4.02. The van der Waals surface area contributed by atoms with Crippen LogP contribution in [0.15, 0.2) is 29.0 Å². The molecule has 0 aliphatic carbocycles. The Morgan fingerprint density at radius 3 is 2.76 bits per heavy atom. The van der Waals surface area contributed by atoms with Gasteiger partial charge in [-0.3, -0.25) is 0 Å². The van der Waals surface area contributed by atoms with E-state index >= 15 is 0 Å². The Morgan fingerprint density at radius 2 is 2.12 bits per heavy atom. The smallest absolute Gasteiger partial charge is 0.340 e. The van der Waals surface area contributed by atoms with E-state index in [1.54, 1.807) is 0 Å². The van der Waals surface area contributed by atoms with Crippen molar-refractivity contribution < 1.29 is 14.4 Å². The van der Waals surface area contributed by atoms with Crippen LogP contribution < -0.4 is 0 Å². The Kier molecular flexibility index (Phi) is 2.95. The molecule has 2 aromatic rings. The van der Waals surface area contributed by atoms with Crippen LogP contribution in [0.1, 0.15) is 32.7 Å². The van der Waals surface area contributed by atoms with Gasteiger partial charge in [-0.25, -0.2) is 4.79 Å². The van der Waals surface area contributed by atoms with Gasteiger partial charge in [0.05, 0.1) is 0 Å². The number of aryl methyl sites for hydroxylation is 2. The van der Waals surface area contributed by atoms with Crippen LogP contribution in [0.5, 0.6) is 0 Å². The normalized spacial score (nSPS) is 10.5. The van der Waals surface area contributed by atoms with Crippen molar-refractivity contribution in [1.29, 1.82) is 0 Å². The van der Waals surface area contributed by atoms with Crippen molar-refractivity contribution in [3.05, 3.63) is 52.4 Å². The molecule has 0 unspecified atom stereocenters. The van der Waals surface area contributed by atoms with Gasteiger partial charge in [-0.1, -0.05) is 23.4 Å². The minimum atomic E-state index is -1.01. The van der Waals surface area contributed by atoms with Gasteiger partial charge in [-0.05, 0) is 30.5 Å². The minimum absolute atomic E-state index is 0.128. The standard InChI is InChI=1S/C13H13NO3/c1-8-3-4-10(5-9(8)2)6-12-11(13(15)16)7-17-14-12/h3-5,7H,6H2,1-2H3,(H,15,16). The fraction of sp³-hybridized carbons (Fsp3) is 0.231. The van der Waals surface area contributed by atoms with Crippen molar-refractivity contribution in [3.63, 3.8) is 0 Å². The van der Waals surface area contributed by atoms with E-state index in [9.17, 15) is 4.79 Å². The van der Waals surface area contributed by atoms with Crippen molar-refractivity contribution in [3.8, 4) is 0 Å². The zero-order valence-corrected chi connectivity index (χ0v) is 9.73. The van der Waals surface area contributed by atoms with Crippen LogP contribution in [-0.2, 0) is 6.42 Å². The van der Waals surface area contributed by atoms with Crippen LogP contribution in [-0.4, -0.2) is 16.2 Å². The van der Waals surface area contributed by atoms with Gasteiger partial charge in [0, 0.05) is 6.42 Å². The molecule has 0 aliphatic rings. The summed E-state index contributed by atoms with van der Waals surface area (Å²) in [4.78, 5) is 10.9. The van der Waals surface area contributed by atoms with E-state index in [0.717, 1.165) is 5.56 Å². The summed E-state index contributed by atoms with van der Waals surface area (Å²) in [6.07, 6.45) is 1.64. The molecule has 4 nitrogen and oxygen atoms in total. The summed E-state index contributed by atoms with van der Waals surface area (Å²) in [6.45, 7) is 4.07. The van der Waals surface area contributed by atoms with Crippen molar-refractivity contribution in [2.24, 2.45) is 0 Å². The molecule has 0 aliphatic heterocycles. The molecule has 88 valence electrons. The third kappa shape index (κ3) is 2.36. The van der Waals surface area contributed by atoms with E-state index in [4.69, 9.17) is 9.63 Å². The van der Waals surface area contributed by atoms with Gasteiger partial charge >= 0.3 is 5.97 Å². The summed E-state index contributed by atoms with van der Waals surface area (Å²) < 4.78 is 4.70. The molecule has 1 aromatic carbocycles. The van der Waals surface area contributed by atoms with Crippen LogP contribution in [0.4, 0.5) is 0 Å². The van der Waals surface area contributed by atoms with E-state index in [1.165, 1.54) is 17.4 Å². The molecule has 0 fully saturated rings. The molecule has 1 N–H and O–H groups in total. The third-order valence-electron chi connectivity index (χ3n) is 2.82. The number of carbonyl (C=O) groups is 1. The Labute approximate surface area is 98.9 Å². The Hall–Kier alpha value is -2.10. The lowest BCUT2D eigenvalue weighted by molar-refractivity contribution is 0.0695. The first-order valence-corrected chi connectivity index (χ1v) is 5.30. The second-order valence-electron chi connectivity index (χ2n) is 4.08. The first kappa shape index (κ1) is 11.4. The minimum Gasteiger partial charge on any atom is -0.478 e. The van der Waals surface area contributed by atoms with Gasteiger partial charge in [0.25, 0.3) is 0 Å². The lowest BCUT2D eigenvalue weighted by atomic mass is 10.0. The Balaban J connectivity index is 2.28. The van der Waals surface area contributed by atoms with E-state index in [-0.39, 0.29) is 5.56 Å². The molecule has 17 heavy (non-hydrogen) atoms. The van der Waals surface area contributed by atoms with E-state index in [1.807, 2.05) is 32.0 Å². The molecular formula is C13H13NO3. The molecule has 0 amide bonds. The predicted molar refractivity (Wildman–Crippen MR) is 62.2 cm³/mol. The topological polar surface area (TPSA) is 63.3 Å². The van der Waals surface area contributed by atoms with Gasteiger partial charge in [-0.15, -0.1) is 0 Å². The van der Waals surface area contributed by atoms with Gasteiger partial charge in [-0.2, -0.15) is 0 Å². The number of carboxylic acids is 1. The number of aromatic carboxylic acids is 1. The lowest BCUT2D eigenvalue weighted by Crippen LogP contribution is -2.01. The first-order chi connectivity index (χ1) is 8.08. The molecule has 0 atom stereocenters. The SMILES string of the molecule is Cc1ccc(Cc2nocc2C(=O)O)cc1C. The Morgan fingerprint density at radius 1 is 1.35 bits per heavy atom. The van der Waals surface area contributed by atoms with E-state index in [2.05, 4.69) is 5.16 Å². The maximum Gasteiger partial charge on any atom is 0.340 e. The summed E-state index contributed by atoms with van der Waals surface area (Å²) in [7, 11) is 0. The molecule has 2 rings (SSSR count). The van der Waals surface area contributed by atoms with Crippen LogP contribution >= 0.6 is 0 Å². The summed E-state index contributed by atoms with van der Waals surface area (Å²) in [5, 5.41) is 12.7.